The van der Waals surface area contributed by atoms with Crippen LogP contribution < -0.4 is 4.74 Å². The highest BCUT2D eigenvalue weighted by Gasteiger charge is 2.06. The number of aldehydes is 1. The van der Waals surface area contributed by atoms with Crippen molar-refractivity contribution in [1.29, 1.82) is 0 Å². The van der Waals surface area contributed by atoms with Gasteiger partial charge in [0.25, 0.3) is 0 Å². The first-order valence-corrected chi connectivity index (χ1v) is 7.02. The van der Waals surface area contributed by atoms with Crippen LogP contribution in [-0.4, -0.2) is 53.0 Å². The third kappa shape index (κ3) is 6.71. The molecule has 0 spiro atoms. The molecule has 0 fully saturated rings. The van der Waals surface area contributed by atoms with Crippen LogP contribution in [0.25, 0.3) is 0 Å². The summed E-state index contributed by atoms with van der Waals surface area (Å²) in [7, 11) is 1.64. The van der Waals surface area contributed by atoms with Gasteiger partial charge < -0.3 is 18.9 Å². The summed E-state index contributed by atoms with van der Waals surface area (Å²) in [5.74, 6) is 0.820. The van der Waals surface area contributed by atoms with E-state index in [-0.39, 0.29) is 0 Å². The molecule has 0 N–H and O–H groups in total. The standard InChI is InChI=1S/C16H24O5/c1-13-10-15(12-17)11-14(2)16(13)21-9-8-20-7-6-19-5-4-18-3/h10-12H,4-9H2,1-3H3. The van der Waals surface area contributed by atoms with Crippen LogP contribution in [0.15, 0.2) is 12.1 Å². The largest absolute Gasteiger partial charge is 0.491 e. The molecule has 1 aromatic rings. The minimum Gasteiger partial charge on any atom is -0.491 e. The maximum atomic E-state index is 10.8. The third-order valence-corrected chi connectivity index (χ3v) is 2.90. The zero-order valence-electron chi connectivity index (χ0n) is 13.0. The van der Waals surface area contributed by atoms with E-state index in [0.717, 1.165) is 23.2 Å². The van der Waals surface area contributed by atoms with Crippen LogP contribution in [0.5, 0.6) is 5.75 Å². The summed E-state index contributed by atoms with van der Waals surface area (Å²) in [6.45, 7) is 7.10. The second kappa shape index (κ2) is 10.3. The average Bonchev–Trinajstić information content (AvgIpc) is 2.47. The zero-order valence-corrected chi connectivity index (χ0v) is 13.0. The van der Waals surface area contributed by atoms with Crippen molar-refractivity contribution in [1.82, 2.24) is 0 Å². The zero-order chi connectivity index (χ0) is 15.5. The maximum absolute atomic E-state index is 10.8. The fourth-order valence-corrected chi connectivity index (χ4v) is 1.95. The Kier molecular flexibility index (Phi) is 8.66. The fourth-order valence-electron chi connectivity index (χ4n) is 1.95. The van der Waals surface area contributed by atoms with Gasteiger partial charge in [0, 0.05) is 12.7 Å². The van der Waals surface area contributed by atoms with Crippen molar-refractivity contribution in [3.8, 4) is 5.75 Å². The van der Waals surface area contributed by atoms with Gasteiger partial charge in [-0.1, -0.05) is 0 Å². The summed E-state index contributed by atoms with van der Waals surface area (Å²) < 4.78 is 21.3. The van der Waals surface area contributed by atoms with Crippen LogP contribution in [0, 0.1) is 13.8 Å². The van der Waals surface area contributed by atoms with Gasteiger partial charge in [0.1, 0.15) is 18.6 Å². The molecule has 0 saturated carbocycles. The SMILES string of the molecule is COCCOCCOCCOc1c(C)cc(C=O)cc1C. The Morgan fingerprint density at radius 3 is 1.95 bits per heavy atom. The molecule has 0 aliphatic carbocycles. The molecule has 0 aliphatic heterocycles. The van der Waals surface area contributed by atoms with Gasteiger partial charge in [0.2, 0.25) is 0 Å². The summed E-state index contributed by atoms with van der Waals surface area (Å²) in [5.41, 5.74) is 2.59. The van der Waals surface area contributed by atoms with Gasteiger partial charge in [-0.25, -0.2) is 0 Å². The molecule has 1 aromatic carbocycles. The second-order valence-corrected chi connectivity index (χ2v) is 4.67. The van der Waals surface area contributed by atoms with Gasteiger partial charge in [-0.05, 0) is 37.1 Å². The molecule has 0 amide bonds. The molecule has 1 rings (SSSR count). The summed E-state index contributed by atoms with van der Waals surface area (Å²) >= 11 is 0. The molecule has 0 unspecified atom stereocenters. The molecule has 0 saturated heterocycles. The lowest BCUT2D eigenvalue weighted by molar-refractivity contribution is 0.0179. The lowest BCUT2D eigenvalue weighted by Gasteiger charge is -2.13. The summed E-state index contributed by atoms with van der Waals surface area (Å²) in [4.78, 5) is 10.8. The fraction of sp³-hybridized carbons (Fsp3) is 0.562. The Labute approximate surface area is 126 Å². The van der Waals surface area contributed by atoms with Crippen molar-refractivity contribution >= 4 is 6.29 Å². The number of carbonyl (C=O) groups is 1. The minimum atomic E-state index is 0.472. The Morgan fingerprint density at radius 2 is 1.43 bits per heavy atom. The predicted octanol–water partition coefficient (Wildman–Crippen LogP) is 2.17. The van der Waals surface area contributed by atoms with E-state index in [4.69, 9.17) is 18.9 Å². The number of rotatable bonds is 11. The van der Waals surface area contributed by atoms with Crippen LogP contribution in [-0.2, 0) is 14.2 Å². The van der Waals surface area contributed by atoms with Crippen molar-refractivity contribution in [2.45, 2.75) is 13.8 Å². The van der Waals surface area contributed by atoms with Gasteiger partial charge in [-0.2, -0.15) is 0 Å². The molecule has 5 heteroatoms. The summed E-state index contributed by atoms with van der Waals surface area (Å²) in [6.07, 6.45) is 0.844. The van der Waals surface area contributed by atoms with Gasteiger partial charge in [-0.3, -0.25) is 4.79 Å². The Hall–Kier alpha value is -1.43. The predicted molar refractivity (Wildman–Crippen MR) is 80.3 cm³/mol. The van der Waals surface area contributed by atoms with E-state index >= 15 is 0 Å². The average molecular weight is 296 g/mol. The van der Waals surface area contributed by atoms with Crippen LogP contribution in [0.3, 0.4) is 0 Å². The van der Waals surface area contributed by atoms with E-state index in [1.165, 1.54) is 0 Å². The number of methoxy groups -OCH3 is 1. The van der Waals surface area contributed by atoms with Crippen LogP contribution >= 0.6 is 0 Å². The van der Waals surface area contributed by atoms with Crippen LogP contribution in [0.4, 0.5) is 0 Å². The number of hydrogen-bond donors (Lipinski definition) is 0. The first kappa shape index (κ1) is 17.6. The Morgan fingerprint density at radius 1 is 0.905 bits per heavy atom. The van der Waals surface area contributed by atoms with E-state index in [2.05, 4.69) is 0 Å². The number of hydrogen-bond acceptors (Lipinski definition) is 5. The van der Waals surface area contributed by atoms with E-state index < -0.39 is 0 Å². The summed E-state index contributed by atoms with van der Waals surface area (Å²) in [6, 6.07) is 3.64. The lowest BCUT2D eigenvalue weighted by Crippen LogP contribution is -2.13. The molecule has 118 valence electrons. The molecular weight excluding hydrogens is 272 g/mol. The van der Waals surface area contributed by atoms with Crippen molar-refractivity contribution in [2.75, 3.05) is 46.8 Å². The van der Waals surface area contributed by atoms with E-state index in [9.17, 15) is 4.79 Å². The highest BCUT2D eigenvalue weighted by Crippen LogP contribution is 2.24. The Balaban J connectivity index is 2.20. The van der Waals surface area contributed by atoms with Crippen molar-refractivity contribution in [2.24, 2.45) is 0 Å². The number of aryl methyl sites for hydroxylation is 2. The smallest absolute Gasteiger partial charge is 0.150 e. The molecule has 0 bridgehead atoms. The summed E-state index contributed by atoms with van der Waals surface area (Å²) in [5, 5.41) is 0. The lowest BCUT2D eigenvalue weighted by atomic mass is 10.1. The molecule has 0 radical (unpaired) electrons. The van der Waals surface area contributed by atoms with Crippen LogP contribution in [0.2, 0.25) is 0 Å². The van der Waals surface area contributed by atoms with Gasteiger partial charge in [-0.15, -0.1) is 0 Å². The quantitative estimate of drug-likeness (QED) is 0.463. The molecule has 0 heterocycles. The van der Waals surface area contributed by atoms with E-state index in [1.807, 2.05) is 26.0 Å². The van der Waals surface area contributed by atoms with Crippen molar-refractivity contribution in [3.05, 3.63) is 28.8 Å². The van der Waals surface area contributed by atoms with E-state index in [1.54, 1.807) is 7.11 Å². The third-order valence-electron chi connectivity index (χ3n) is 2.90. The molecule has 21 heavy (non-hydrogen) atoms. The molecule has 0 aliphatic rings. The van der Waals surface area contributed by atoms with Crippen molar-refractivity contribution < 1.29 is 23.7 Å². The first-order valence-electron chi connectivity index (χ1n) is 7.02. The molecular formula is C16H24O5. The van der Waals surface area contributed by atoms with Gasteiger partial charge >= 0.3 is 0 Å². The minimum absolute atomic E-state index is 0.472. The Bertz CT molecular complexity index is 408. The number of carbonyl (C=O) groups excluding carboxylic acids is 1. The normalized spacial score (nSPS) is 10.6. The molecule has 5 nitrogen and oxygen atoms in total. The first-order chi connectivity index (χ1) is 10.2. The second-order valence-electron chi connectivity index (χ2n) is 4.67. The topological polar surface area (TPSA) is 54.0 Å². The van der Waals surface area contributed by atoms with Gasteiger partial charge in [0.05, 0.1) is 33.0 Å². The number of benzene rings is 1. The van der Waals surface area contributed by atoms with Crippen LogP contribution in [0.1, 0.15) is 21.5 Å². The highest BCUT2D eigenvalue weighted by molar-refractivity contribution is 5.76. The van der Waals surface area contributed by atoms with Crippen molar-refractivity contribution in [3.63, 3.8) is 0 Å². The maximum Gasteiger partial charge on any atom is 0.150 e. The molecule has 0 atom stereocenters. The number of ether oxygens (including phenoxy) is 4. The van der Waals surface area contributed by atoms with Gasteiger partial charge in [0.15, 0.2) is 0 Å². The van der Waals surface area contributed by atoms with E-state index in [0.29, 0.717) is 45.2 Å². The highest BCUT2D eigenvalue weighted by atomic mass is 16.6. The molecule has 0 aromatic heterocycles. The monoisotopic (exact) mass is 296 g/mol.